The van der Waals surface area contributed by atoms with E-state index in [1.807, 2.05) is 0 Å². The van der Waals surface area contributed by atoms with E-state index in [0.717, 1.165) is 0 Å². The third-order valence-corrected chi connectivity index (χ3v) is 3.86. The molecule has 0 heterocycles. The van der Waals surface area contributed by atoms with E-state index >= 15 is 0 Å². The lowest BCUT2D eigenvalue weighted by atomic mass is 10.0. The van der Waals surface area contributed by atoms with Crippen LogP contribution in [0.5, 0.6) is 0 Å². The van der Waals surface area contributed by atoms with Crippen LogP contribution in [0.4, 0.5) is 39.5 Å². The number of hydrogen-bond acceptors (Lipinski definition) is 2. The lowest BCUT2D eigenvalue weighted by Gasteiger charge is -2.13. The molecule has 0 radical (unpaired) electrons. The summed E-state index contributed by atoms with van der Waals surface area (Å²) in [6.07, 6.45) is 0. The molecule has 124 valence electrons. The molecule has 23 heavy (non-hydrogen) atoms. The molecule has 0 unspecified atom stereocenters. The summed E-state index contributed by atoms with van der Waals surface area (Å²) >= 11 is 3.34. The lowest BCUT2D eigenvalue weighted by molar-refractivity contribution is 0.378. The van der Waals surface area contributed by atoms with E-state index in [2.05, 4.69) is 11.7 Å². The number of halogens is 9. The van der Waals surface area contributed by atoms with Crippen LogP contribution in [0.2, 0.25) is 0 Å². The van der Waals surface area contributed by atoms with Gasteiger partial charge in [-0.2, -0.15) is 0 Å². The Hall–Kier alpha value is -1.49. The summed E-state index contributed by atoms with van der Waals surface area (Å²) in [4.78, 5) is -1.28. The average Bonchev–Trinajstić information content (AvgIpc) is 2.53. The molecule has 0 nitrogen and oxygen atoms in total. The Morgan fingerprint density at radius 1 is 0.435 bits per heavy atom. The zero-order valence-corrected chi connectivity index (χ0v) is 12.0. The van der Waals surface area contributed by atoms with Crippen molar-refractivity contribution in [1.82, 2.24) is 0 Å². The lowest BCUT2D eigenvalue weighted by Crippen LogP contribution is -2.09. The number of rotatable bonds is 2. The zero-order chi connectivity index (χ0) is 17.6. The Morgan fingerprint density at radius 3 is 1.00 bits per heavy atom. The highest BCUT2D eigenvalue weighted by Crippen LogP contribution is 2.40. The van der Waals surface area contributed by atoms with Crippen LogP contribution < -0.4 is 0 Å². The third-order valence-electron chi connectivity index (χ3n) is 2.77. The van der Waals surface area contributed by atoms with E-state index in [1.54, 1.807) is 0 Å². The van der Waals surface area contributed by atoms with E-state index in [9.17, 15) is 39.5 Å². The van der Waals surface area contributed by atoms with Crippen LogP contribution in [0.3, 0.4) is 0 Å². The normalized spacial score (nSPS) is 11.2. The second kappa shape index (κ2) is 6.19. The molecule has 0 amide bonds. The molecule has 0 saturated carbocycles. The van der Waals surface area contributed by atoms with Crippen molar-refractivity contribution < 1.29 is 39.5 Å². The van der Waals surface area contributed by atoms with Crippen LogP contribution in [-0.2, 0) is 0 Å². The molecule has 0 aromatic heterocycles. The smallest absolute Gasteiger partial charge is 0.200 e. The van der Waals surface area contributed by atoms with Gasteiger partial charge in [0.1, 0.15) is 0 Å². The van der Waals surface area contributed by atoms with Gasteiger partial charge in [0, 0.05) is 0 Å². The van der Waals surface area contributed by atoms with Gasteiger partial charge in [0.05, 0.1) is 16.0 Å². The van der Waals surface area contributed by atoms with Crippen LogP contribution in [0.25, 0.3) is 11.1 Å². The van der Waals surface area contributed by atoms with Crippen molar-refractivity contribution in [1.29, 1.82) is 0 Å². The second-order valence-corrected chi connectivity index (χ2v) is 5.13. The Kier molecular flexibility index (Phi) is 4.81. The molecule has 0 atom stereocenters. The monoisotopic (exact) mass is 380 g/mol. The fourth-order valence-corrected chi connectivity index (χ4v) is 2.56. The average molecular weight is 380 g/mol. The zero-order valence-electron chi connectivity index (χ0n) is 10.3. The molecule has 0 bridgehead atoms. The number of thiol groups is 1. The van der Waals surface area contributed by atoms with Crippen molar-refractivity contribution >= 4 is 22.5 Å². The van der Waals surface area contributed by atoms with E-state index in [-0.39, 0.29) is 10.8 Å². The van der Waals surface area contributed by atoms with Gasteiger partial charge in [0.2, 0.25) is 5.82 Å². The summed E-state index contributed by atoms with van der Waals surface area (Å²) in [6.45, 7) is 0. The van der Waals surface area contributed by atoms with Gasteiger partial charge in [-0.3, -0.25) is 0 Å². The largest absolute Gasteiger partial charge is 0.203 e. The molecule has 2 rings (SSSR count). The minimum atomic E-state index is -2.61. The number of hydrogen-bond donors (Lipinski definition) is 1. The first-order chi connectivity index (χ1) is 10.6. The van der Waals surface area contributed by atoms with Gasteiger partial charge < -0.3 is 0 Å². The highest BCUT2D eigenvalue weighted by molar-refractivity contribution is 8.68. The van der Waals surface area contributed by atoms with Crippen molar-refractivity contribution in [3.05, 3.63) is 52.4 Å². The van der Waals surface area contributed by atoms with E-state index in [0.29, 0.717) is 0 Å². The quantitative estimate of drug-likeness (QED) is 0.235. The Balaban J connectivity index is 3.01. The summed E-state index contributed by atoms with van der Waals surface area (Å²) in [6, 6.07) is 0. The predicted molar refractivity (Wildman–Crippen MR) is 66.3 cm³/mol. The van der Waals surface area contributed by atoms with Crippen LogP contribution >= 0.6 is 22.5 Å². The molecule has 2 aromatic carbocycles. The van der Waals surface area contributed by atoms with Crippen molar-refractivity contribution in [2.24, 2.45) is 0 Å². The minimum absolute atomic E-state index is 0.0598. The Bertz CT molecular complexity index is 761. The summed E-state index contributed by atoms with van der Waals surface area (Å²) in [7, 11) is -0.0598. The van der Waals surface area contributed by atoms with Gasteiger partial charge in [-0.05, 0) is 0 Å². The summed E-state index contributed by atoms with van der Waals surface area (Å²) in [5.41, 5.74) is -4.18. The van der Waals surface area contributed by atoms with Crippen LogP contribution in [-0.4, -0.2) is 0 Å². The molecule has 0 N–H and O–H groups in total. The van der Waals surface area contributed by atoms with Gasteiger partial charge in [0.25, 0.3) is 0 Å². The van der Waals surface area contributed by atoms with Crippen molar-refractivity contribution in [2.45, 2.75) is 4.90 Å². The van der Waals surface area contributed by atoms with E-state index in [1.165, 1.54) is 0 Å². The Morgan fingerprint density at radius 2 is 0.696 bits per heavy atom. The van der Waals surface area contributed by atoms with Crippen molar-refractivity contribution in [3.8, 4) is 11.1 Å². The standard InChI is InChI=1S/C12HF9S2/c13-3-1(4(14)8(18)9(19)7(3)17)2-5(15)10(20)12(23-22)11(21)6(2)16/h22H. The van der Waals surface area contributed by atoms with Crippen LogP contribution in [0.15, 0.2) is 4.90 Å². The highest BCUT2D eigenvalue weighted by Gasteiger charge is 2.34. The first-order valence-corrected chi connectivity index (χ1v) is 7.21. The molecule has 0 aliphatic carbocycles. The first-order valence-electron chi connectivity index (χ1n) is 5.34. The molecule has 0 aliphatic heterocycles. The molecular formula is C12HF9S2. The van der Waals surface area contributed by atoms with Gasteiger partial charge in [0.15, 0.2) is 46.5 Å². The van der Waals surface area contributed by atoms with Gasteiger partial charge in [-0.1, -0.05) is 10.8 Å². The third kappa shape index (κ3) is 2.55. The maximum atomic E-state index is 13.8. The fourth-order valence-electron chi connectivity index (χ4n) is 1.74. The van der Waals surface area contributed by atoms with Crippen LogP contribution in [0, 0.1) is 52.4 Å². The number of benzene rings is 2. The van der Waals surface area contributed by atoms with Gasteiger partial charge in [-0.15, -0.1) is 11.7 Å². The van der Waals surface area contributed by atoms with Gasteiger partial charge in [-0.25, -0.2) is 39.5 Å². The maximum Gasteiger partial charge on any atom is 0.200 e. The molecular weight excluding hydrogens is 379 g/mol. The maximum absolute atomic E-state index is 13.8. The molecule has 0 aliphatic rings. The van der Waals surface area contributed by atoms with E-state index < -0.39 is 68.4 Å². The fraction of sp³-hybridized carbons (Fsp3) is 0. The van der Waals surface area contributed by atoms with E-state index in [4.69, 9.17) is 0 Å². The van der Waals surface area contributed by atoms with Crippen LogP contribution in [0.1, 0.15) is 0 Å². The van der Waals surface area contributed by atoms with Crippen molar-refractivity contribution in [3.63, 3.8) is 0 Å². The molecule has 2 aromatic rings. The topological polar surface area (TPSA) is 0 Å². The highest BCUT2D eigenvalue weighted by atomic mass is 33.1. The minimum Gasteiger partial charge on any atom is -0.203 e. The predicted octanol–water partition coefficient (Wildman–Crippen LogP) is 5.54. The van der Waals surface area contributed by atoms with Crippen molar-refractivity contribution in [2.75, 3.05) is 0 Å². The molecule has 11 heteroatoms. The second-order valence-electron chi connectivity index (χ2n) is 4.00. The molecule has 0 saturated heterocycles. The summed E-state index contributed by atoms with van der Waals surface area (Å²) < 4.78 is 121. The van der Waals surface area contributed by atoms with Gasteiger partial charge >= 0.3 is 0 Å². The SMILES string of the molecule is Fc1c(F)c(F)c(-c2c(F)c(F)c(SS)c(F)c2F)c(F)c1F. The Labute approximate surface area is 131 Å². The summed E-state index contributed by atoms with van der Waals surface area (Å²) in [5, 5.41) is 0. The molecule has 0 spiro atoms. The first kappa shape index (κ1) is 17.9. The summed E-state index contributed by atoms with van der Waals surface area (Å²) in [5.74, 6) is -21.8. The molecule has 0 fully saturated rings.